The summed E-state index contributed by atoms with van der Waals surface area (Å²) in [5.41, 5.74) is 6.45. The van der Waals surface area contributed by atoms with Gasteiger partial charge in [0.2, 0.25) is 5.91 Å². The van der Waals surface area contributed by atoms with Crippen molar-refractivity contribution in [3.63, 3.8) is 0 Å². The average Bonchev–Trinajstić information content (AvgIpc) is 2.68. The Morgan fingerprint density at radius 1 is 1.25 bits per heavy atom. The fourth-order valence-electron chi connectivity index (χ4n) is 2.76. The highest BCUT2D eigenvalue weighted by Crippen LogP contribution is 2.34. The highest BCUT2D eigenvalue weighted by molar-refractivity contribution is 7.92. The molecule has 12 heteroatoms. The molecule has 0 aliphatic carbocycles. The standard InChI is InChI=1S/C20H26F2N3O5PS/c1-5-29-17-11-15(25(4)19(26)13(3)23)8-9-18(17)32(27,28)24-14-7-6-12(2)16(10-14)30-20(21,22)31/h6-11,13,24H,5,23,31H2,1-4H3/t13-/m0/s1. The van der Waals surface area contributed by atoms with Crippen molar-refractivity contribution in [2.24, 2.45) is 5.73 Å². The number of rotatable bonds is 9. The molecule has 1 amide bonds. The van der Waals surface area contributed by atoms with Crippen LogP contribution in [0.2, 0.25) is 0 Å². The third kappa shape index (κ3) is 6.51. The van der Waals surface area contributed by atoms with Crippen molar-refractivity contribution in [2.45, 2.75) is 37.6 Å². The highest BCUT2D eigenvalue weighted by Gasteiger charge is 2.26. The molecule has 8 nitrogen and oxygen atoms in total. The molecule has 0 aliphatic rings. The topological polar surface area (TPSA) is 111 Å². The zero-order valence-electron chi connectivity index (χ0n) is 18.1. The second-order valence-electron chi connectivity index (χ2n) is 7.00. The molecule has 0 radical (unpaired) electrons. The number of carbonyl (C=O) groups is 1. The summed E-state index contributed by atoms with van der Waals surface area (Å²) in [5, 5.41) is 0. The van der Waals surface area contributed by atoms with E-state index in [2.05, 4.69) is 9.46 Å². The third-order valence-corrected chi connectivity index (χ3v) is 5.85. The number of nitrogens with two attached hydrogens (primary N) is 1. The number of aryl methyl sites for hydroxylation is 1. The van der Waals surface area contributed by atoms with Crippen LogP contribution in [0.25, 0.3) is 0 Å². The van der Waals surface area contributed by atoms with Crippen LogP contribution < -0.4 is 24.8 Å². The Morgan fingerprint density at radius 3 is 2.47 bits per heavy atom. The molecule has 176 valence electrons. The summed E-state index contributed by atoms with van der Waals surface area (Å²) in [6.45, 7) is 4.94. The molecular formula is C20H26F2N3O5PS. The van der Waals surface area contributed by atoms with E-state index in [0.29, 0.717) is 11.3 Å². The SMILES string of the molecule is CCOc1cc(N(C)C(=O)[C@H](C)N)ccc1S(=O)(=O)Nc1ccc(C)c(OC(F)(F)P)c1. The van der Waals surface area contributed by atoms with E-state index in [4.69, 9.17) is 10.5 Å². The number of alkyl halides is 2. The van der Waals surface area contributed by atoms with Crippen molar-refractivity contribution in [3.8, 4) is 11.5 Å². The number of halogens is 2. The predicted molar refractivity (Wildman–Crippen MR) is 122 cm³/mol. The lowest BCUT2D eigenvalue weighted by molar-refractivity contribution is -0.119. The highest BCUT2D eigenvalue weighted by atomic mass is 32.2. The smallest absolute Gasteiger partial charge is 0.408 e. The van der Waals surface area contributed by atoms with Gasteiger partial charge >= 0.3 is 5.85 Å². The number of sulfonamides is 1. The van der Waals surface area contributed by atoms with Crippen molar-refractivity contribution in [1.82, 2.24) is 0 Å². The minimum absolute atomic E-state index is 0.0156. The van der Waals surface area contributed by atoms with Gasteiger partial charge in [0.1, 0.15) is 16.4 Å². The number of nitrogens with one attached hydrogen (secondary N) is 1. The number of likely N-dealkylation sites (N-methyl/N-ethyl adjacent to an activating group) is 1. The summed E-state index contributed by atoms with van der Waals surface area (Å²) in [6.07, 6.45) is 0. The van der Waals surface area contributed by atoms with Crippen molar-refractivity contribution < 1.29 is 31.5 Å². The van der Waals surface area contributed by atoms with Gasteiger partial charge in [-0.1, -0.05) is 6.07 Å². The average molecular weight is 489 g/mol. The Balaban J connectivity index is 2.41. The van der Waals surface area contributed by atoms with Crippen LogP contribution in [0.4, 0.5) is 20.2 Å². The van der Waals surface area contributed by atoms with Gasteiger partial charge in [0.25, 0.3) is 10.0 Å². The molecule has 2 aromatic carbocycles. The molecule has 3 N–H and O–H groups in total. The lowest BCUT2D eigenvalue weighted by atomic mass is 10.2. The minimum atomic E-state index is -4.17. The molecule has 0 saturated carbocycles. The first-order valence-electron chi connectivity index (χ1n) is 9.54. The maximum absolute atomic E-state index is 13.2. The van der Waals surface area contributed by atoms with Gasteiger partial charge in [0.05, 0.1) is 18.3 Å². The van der Waals surface area contributed by atoms with Crippen molar-refractivity contribution in [3.05, 3.63) is 42.0 Å². The van der Waals surface area contributed by atoms with Crippen LogP contribution in [-0.2, 0) is 14.8 Å². The largest absolute Gasteiger partial charge is 0.492 e. The number of nitrogens with zero attached hydrogens (tertiary/aromatic N) is 1. The second kappa shape index (κ2) is 9.97. The Labute approximate surface area is 188 Å². The van der Waals surface area contributed by atoms with E-state index in [-0.39, 0.29) is 34.6 Å². The van der Waals surface area contributed by atoms with Gasteiger partial charge in [-0.15, -0.1) is 0 Å². The van der Waals surface area contributed by atoms with Crippen molar-refractivity contribution in [1.29, 1.82) is 0 Å². The molecule has 2 aromatic rings. The third-order valence-electron chi connectivity index (χ3n) is 4.31. The summed E-state index contributed by atoms with van der Waals surface area (Å²) < 4.78 is 64.9. The van der Waals surface area contributed by atoms with Crippen LogP contribution in [0.3, 0.4) is 0 Å². The van der Waals surface area contributed by atoms with E-state index in [1.807, 2.05) is 0 Å². The van der Waals surface area contributed by atoms with E-state index >= 15 is 0 Å². The van der Waals surface area contributed by atoms with Crippen LogP contribution in [0.1, 0.15) is 19.4 Å². The van der Waals surface area contributed by atoms with Gasteiger partial charge in [0, 0.05) is 24.9 Å². The van der Waals surface area contributed by atoms with E-state index < -0.39 is 21.9 Å². The van der Waals surface area contributed by atoms with E-state index in [0.717, 1.165) is 6.07 Å². The number of hydrogen-bond donors (Lipinski definition) is 2. The first kappa shape index (κ1) is 25.8. The molecule has 0 heterocycles. The maximum atomic E-state index is 13.2. The van der Waals surface area contributed by atoms with Gasteiger partial charge in [-0.25, -0.2) is 8.42 Å². The zero-order valence-corrected chi connectivity index (χ0v) is 20.0. The monoisotopic (exact) mass is 489 g/mol. The molecule has 0 fully saturated rings. The quantitative estimate of drug-likeness (QED) is 0.523. The fourth-order valence-corrected chi connectivity index (χ4v) is 4.06. The molecule has 1 unspecified atom stereocenters. The lowest BCUT2D eigenvalue weighted by Gasteiger charge is -2.21. The number of benzene rings is 2. The van der Waals surface area contributed by atoms with Gasteiger partial charge < -0.3 is 20.1 Å². The Bertz CT molecular complexity index is 1090. The van der Waals surface area contributed by atoms with Crippen LogP contribution in [0.15, 0.2) is 41.3 Å². The van der Waals surface area contributed by atoms with Crippen LogP contribution in [-0.4, -0.2) is 39.9 Å². The van der Waals surface area contributed by atoms with Gasteiger partial charge in [0.15, 0.2) is 0 Å². The molecule has 2 atom stereocenters. The first-order chi connectivity index (χ1) is 14.7. The molecular weight excluding hydrogens is 463 g/mol. The lowest BCUT2D eigenvalue weighted by Crippen LogP contribution is -2.39. The normalized spacial score (nSPS) is 12.8. The summed E-state index contributed by atoms with van der Waals surface area (Å²) in [6, 6.07) is 7.43. The van der Waals surface area contributed by atoms with E-state index in [1.165, 1.54) is 58.4 Å². The van der Waals surface area contributed by atoms with Crippen LogP contribution >= 0.6 is 9.24 Å². The number of ether oxygens (including phenoxy) is 2. The van der Waals surface area contributed by atoms with Gasteiger partial charge in [-0.05, 0) is 53.8 Å². The predicted octanol–water partition coefficient (Wildman–Crippen LogP) is 3.31. The number of carbonyl (C=O) groups excluding carboxylic acids is 1. The molecule has 0 spiro atoms. The van der Waals surface area contributed by atoms with Crippen LogP contribution in [0.5, 0.6) is 11.5 Å². The summed E-state index contributed by atoms with van der Waals surface area (Å²) >= 11 is 0. The first-order valence-corrected chi connectivity index (χ1v) is 11.6. The van der Waals surface area contributed by atoms with Crippen molar-refractivity contribution >= 4 is 36.5 Å². The summed E-state index contributed by atoms with van der Waals surface area (Å²) in [5.74, 6) is -4.03. The second-order valence-corrected chi connectivity index (χ2v) is 9.32. The number of anilines is 2. The number of amides is 1. The number of hydrogen-bond acceptors (Lipinski definition) is 6. The molecule has 32 heavy (non-hydrogen) atoms. The molecule has 0 aliphatic heterocycles. The molecule has 2 rings (SSSR count). The maximum Gasteiger partial charge on any atom is 0.408 e. The summed E-state index contributed by atoms with van der Waals surface area (Å²) in [4.78, 5) is 13.3. The summed E-state index contributed by atoms with van der Waals surface area (Å²) in [7, 11) is -1.40. The van der Waals surface area contributed by atoms with Gasteiger partial charge in [-0.2, -0.15) is 8.78 Å². The fraction of sp³-hybridized carbons (Fsp3) is 0.350. The Kier molecular flexibility index (Phi) is 8.03. The Hall–Kier alpha value is -2.49. The van der Waals surface area contributed by atoms with Gasteiger partial charge in [-0.3, -0.25) is 9.52 Å². The minimum Gasteiger partial charge on any atom is -0.492 e. The Morgan fingerprint density at radius 2 is 1.91 bits per heavy atom. The van der Waals surface area contributed by atoms with Crippen molar-refractivity contribution in [2.75, 3.05) is 23.3 Å². The van der Waals surface area contributed by atoms with Crippen LogP contribution in [0, 0.1) is 6.92 Å². The van der Waals surface area contributed by atoms with E-state index in [1.54, 1.807) is 13.8 Å². The molecule has 0 saturated heterocycles. The molecule has 0 aromatic heterocycles. The molecule has 0 bridgehead atoms. The van der Waals surface area contributed by atoms with E-state index in [9.17, 15) is 22.0 Å². The zero-order chi connectivity index (χ0) is 24.3.